The molecule has 1 saturated heterocycles. The van der Waals surface area contributed by atoms with E-state index in [2.05, 4.69) is 34.2 Å². The Morgan fingerprint density at radius 3 is 2.75 bits per heavy atom. The summed E-state index contributed by atoms with van der Waals surface area (Å²) in [6.07, 6.45) is 2.28. The van der Waals surface area contributed by atoms with Crippen LogP contribution in [0.5, 0.6) is 0 Å². The molecule has 0 radical (unpaired) electrons. The highest BCUT2D eigenvalue weighted by atomic mass is 32.2. The maximum atomic E-state index is 12.3. The lowest BCUT2D eigenvalue weighted by Gasteiger charge is -2.31. The van der Waals surface area contributed by atoms with Gasteiger partial charge in [-0.05, 0) is 24.3 Å². The molecular formula is C18H24N2OS3. The predicted molar refractivity (Wildman–Crippen MR) is 109 cm³/mol. The molecule has 0 aromatic heterocycles. The Bertz CT molecular complexity index is 557. The van der Waals surface area contributed by atoms with Crippen LogP contribution >= 0.6 is 35.3 Å². The van der Waals surface area contributed by atoms with E-state index in [-0.39, 0.29) is 0 Å². The summed E-state index contributed by atoms with van der Waals surface area (Å²) in [6, 6.07) is 10.4. The van der Waals surface area contributed by atoms with Gasteiger partial charge in [-0.25, -0.2) is 0 Å². The fourth-order valence-corrected chi connectivity index (χ4v) is 5.97. The molecule has 1 aromatic rings. The van der Waals surface area contributed by atoms with Gasteiger partial charge in [-0.15, -0.1) is 11.8 Å². The van der Waals surface area contributed by atoms with E-state index in [0.717, 1.165) is 55.7 Å². The van der Waals surface area contributed by atoms with Crippen LogP contribution < -0.4 is 0 Å². The van der Waals surface area contributed by atoms with Crippen LogP contribution in [0.25, 0.3) is 0 Å². The molecule has 1 fully saturated rings. The maximum Gasteiger partial charge on any atom is 0.232 e. The number of hydrogen-bond acceptors (Lipinski definition) is 5. The van der Waals surface area contributed by atoms with Crippen LogP contribution in [-0.4, -0.2) is 52.1 Å². The van der Waals surface area contributed by atoms with Crippen molar-refractivity contribution in [3.8, 4) is 0 Å². The first-order valence-electron chi connectivity index (χ1n) is 8.51. The number of hydrogen-bond donors (Lipinski definition) is 0. The van der Waals surface area contributed by atoms with Crippen molar-refractivity contribution in [1.29, 1.82) is 0 Å². The van der Waals surface area contributed by atoms with E-state index in [9.17, 15) is 4.79 Å². The number of likely N-dealkylation sites (tertiary alicyclic amines) is 1. The highest BCUT2D eigenvalue weighted by Crippen LogP contribution is 2.28. The van der Waals surface area contributed by atoms with Crippen LogP contribution in [0.1, 0.15) is 18.4 Å². The number of carbonyl (C=O) groups excluding carboxylic acids is 1. The molecule has 0 aliphatic carbocycles. The van der Waals surface area contributed by atoms with Gasteiger partial charge in [-0.2, -0.15) is 0 Å². The molecule has 0 N–H and O–H groups in total. The van der Waals surface area contributed by atoms with Gasteiger partial charge in [0.05, 0.1) is 12.3 Å². The highest BCUT2D eigenvalue weighted by molar-refractivity contribution is 8.39. The van der Waals surface area contributed by atoms with E-state index >= 15 is 0 Å². The van der Waals surface area contributed by atoms with Gasteiger partial charge in [-0.1, -0.05) is 53.9 Å². The van der Waals surface area contributed by atoms with Crippen molar-refractivity contribution in [3.63, 3.8) is 0 Å². The van der Waals surface area contributed by atoms with Crippen LogP contribution in [0.2, 0.25) is 0 Å². The van der Waals surface area contributed by atoms with E-state index in [0.29, 0.717) is 11.7 Å². The Kier molecular flexibility index (Phi) is 7.42. The third-order valence-electron chi connectivity index (χ3n) is 4.30. The van der Waals surface area contributed by atoms with E-state index in [1.165, 1.54) is 9.94 Å². The first-order chi connectivity index (χ1) is 11.8. The Morgan fingerprint density at radius 1 is 1.25 bits per heavy atom. The Balaban J connectivity index is 1.31. The monoisotopic (exact) mass is 380 g/mol. The number of aliphatic imine (C=N–C) groups is 1. The zero-order valence-electron chi connectivity index (χ0n) is 13.9. The number of benzene rings is 1. The molecule has 2 aliphatic rings. The lowest BCUT2D eigenvalue weighted by Crippen LogP contribution is -2.40. The summed E-state index contributed by atoms with van der Waals surface area (Å²) in [5.41, 5.74) is 1.29. The number of piperidine rings is 1. The van der Waals surface area contributed by atoms with Crippen molar-refractivity contribution in [2.24, 2.45) is 10.9 Å². The van der Waals surface area contributed by atoms with Crippen LogP contribution in [0, 0.1) is 5.92 Å². The molecule has 0 atom stereocenters. The van der Waals surface area contributed by atoms with Crippen molar-refractivity contribution in [3.05, 3.63) is 35.9 Å². The van der Waals surface area contributed by atoms with Crippen LogP contribution in [0.4, 0.5) is 0 Å². The fraction of sp³-hybridized carbons (Fsp3) is 0.556. The second-order valence-corrected chi connectivity index (χ2v) is 9.45. The lowest BCUT2D eigenvalue weighted by molar-refractivity contribution is -0.129. The summed E-state index contributed by atoms with van der Waals surface area (Å²) in [4.78, 5) is 18.9. The van der Waals surface area contributed by atoms with Gasteiger partial charge in [0, 0.05) is 30.3 Å². The minimum absolute atomic E-state index is 0.303. The number of carbonyl (C=O) groups is 1. The van der Waals surface area contributed by atoms with E-state index in [1.807, 2.05) is 29.6 Å². The first kappa shape index (κ1) is 18.2. The fourth-order valence-electron chi connectivity index (χ4n) is 2.86. The molecule has 3 rings (SSSR count). The molecule has 6 heteroatoms. The summed E-state index contributed by atoms with van der Waals surface area (Å²) in [5, 5.41) is 0. The topological polar surface area (TPSA) is 32.7 Å². The maximum absolute atomic E-state index is 12.3. The summed E-state index contributed by atoms with van der Waals surface area (Å²) in [5.74, 6) is 4.87. The van der Waals surface area contributed by atoms with Crippen LogP contribution in [0.15, 0.2) is 35.3 Å². The van der Waals surface area contributed by atoms with Crippen molar-refractivity contribution < 1.29 is 4.79 Å². The molecule has 2 heterocycles. The Morgan fingerprint density at radius 2 is 2.04 bits per heavy atom. The molecular weight excluding hydrogens is 356 g/mol. The number of thioether (sulfide) groups is 3. The van der Waals surface area contributed by atoms with Gasteiger partial charge in [0.15, 0.2) is 0 Å². The molecule has 1 amide bonds. The predicted octanol–water partition coefficient (Wildman–Crippen LogP) is 3.99. The Labute approximate surface area is 157 Å². The molecule has 0 saturated carbocycles. The first-order valence-corrected chi connectivity index (χ1v) is 11.6. The number of rotatable bonds is 6. The summed E-state index contributed by atoms with van der Waals surface area (Å²) < 4.78 is 1.27. The minimum atomic E-state index is 0.303. The molecule has 24 heavy (non-hydrogen) atoms. The van der Waals surface area contributed by atoms with Crippen LogP contribution in [-0.2, 0) is 10.5 Å². The summed E-state index contributed by atoms with van der Waals surface area (Å²) in [7, 11) is 0. The third kappa shape index (κ3) is 5.74. The normalized spacial score (nSPS) is 18.7. The standard InChI is InChI=1S/C18H24N2OS3/c21-17(14-22-12-15-4-2-1-3-5-15)20-9-6-16(7-10-20)13-24-18-19-8-11-23-18/h1-5,16H,6-14H2. The quantitative estimate of drug-likeness (QED) is 0.747. The van der Waals surface area contributed by atoms with Gasteiger partial charge >= 0.3 is 0 Å². The Hall–Kier alpha value is -0.590. The second kappa shape index (κ2) is 9.78. The smallest absolute Gasteiger partial charge is 0.232 e. The van der Waals surface area contributed by atoms with Gasteiger partial charge in [-0.3, -0.25) is 9.79 Å². The number of amides is 1. The molecule has 130 valence electrons. The number of nitrogens with zero attached hydrogens (tertiary/aromatic N) is 2. The minimum Gasteiger partial charge on any atom is -0.342 e. The van der Waals surface area contributed by atoms with Crippen LogP contribution in [0.3, 0.4) is 0 Å². The summed E-state index contributed by atoms with van der Waals surface area (Å²) >= 11 is 5.53. The lowest BCUT2D eigenvalue weighted by atomic mass is 9.99. The average Bonchev–Trinajstić information content (AvgIpc) is 3.15. The SMILES string of the molecule is O=C(CSCc1ccccc1)N1CCC(CSC2=NCCS2)CC1. The third-order valence-corrected chi connectivity index (χ3v) is 7.78. The highest BCUT2D eigenvalue weighted by Gasteiger charge is 2.23. The van der Waals surface area contributed by atoms with Gasteiger partial charge in [0.25, 0.3) is 0 Å². The molecule has 2 aliphatic heterocycles. The van der Waals surface area contributed by atoms with E-state index in [4.69, 9.17) is 0 Å². The largest absolute Gasteiger partial charge is 0.342 e. The molecule has 0 spiro atoms. The van der Waals surface area contributed by atoms with Gasteiger partial charge in [0.1, 0.15) is 4.38 Å². The second-order valence-electron chi connectivity index (χ2n) is 6.11. The zero-order valence-corrected chi connectivity index (χ0v) is 16.3. The van der Waals surface area contributed by atoms with Crippen molar-refractivity contribution in [1.82, 2.24) is 4.90 Å². The molecule has 0 bridgehead atoms. The van der Waals surface area contributed by atoms with Gasteiger partial charge < -0.3 is 4.90 Å². The van der Waals surface area contributed by atoms with Crippen molar-refractivity contribution in [2.45, 2.75) is 18.6 Å². The zero-order chi connectivity index (χ0) is 16.6. The molecule has 0 unspecified atom stereocenters. The van der Waals surface area contributed by atoms with E-state index < -0.39 is 0 Å². The average molecular weight is 381 g/mol. The van der Waals surface area contributed by atoms with Crippen molar-refractivity contribution in [2.75, 3.05) is 36.9 Å². The van der Waals surface area contributed by atoms with Crippen molar-refractivity contribution >= 4 is 45.6 Å². The molecule has 3 nitrogen and oxygen atoms in total. The summed E-state index contributed by atoms with van der Waals surface area (Å²) in [6.45, 7) is 2.84. The van der Waals surface area contributed by atoms with E-state index in [1.54, 1.807) is 11.8 Å². The molecule has 1 aromatic carbocycles. The van der Waals surface area contributed by atoms with Gasteiger partial charge in [0.2, 0.25) is 5.91 Å².